The van der Waals surface area contributed by atoms with Crippen molar-refractivity contribution < 1.29 is 9.21 Å². The normalized spacial score (nSPS) is 10.7. The van der Waals surface area contributed by atoms with E-state index >= 15 is 0 Å². The van der Waals surface area contributed by atoms with Crippen LogP contribution in [0.5, 0.6) is 0 Å². The second-order valence-electron chi connectivity index (χ2n) is 4.19. The zero-order valence-electron chi connectivity index (χ0n) is 10.1. The first kappa shape index (κ1) is 12.7. The van der Waals surface area contributed by atoms with Crippen molar-refractivity contribution in [3.8, 4) is 0 Å². The highest BCUT2D eigenvalue weighted by Crippen LogP contribution is 2.17. The molecule has 0 aliphatic heterocycles. The smallest absolute Gasteiger partial charge is 0.408 e. The van der Waals surface area contributed by atoms with Gasteiger partial charge >= 0.3 is 5.76 Å². The molecule has 0 radical (unpaired) electrons. The van der Waals surface area contributed by atoms with Crippen LogP contribution in [-0.4, -0.2) is 10.9 Å². The highest BCUT2D eigenvalue weighted by atomic mass is 79.9. The van der Waals surface area contributed by atoms with Crippen LogP contribution in [0.25, 0.3) is 11.1 Å². The van der Waals surface area contributed by atoms with Crippen molar-refractivity contribution in [3.63, 3.8) is 0 Å². The average Bonchev–Trinajstić information content (AvgIpc) is 2.78. The van der Waals surface area contributed by atoms with E-state index in [9.17, 15) is 9.59 Å². The fourth-order valence-corrected chi connectivity index (χ4v) is 2.10. The maximum atomic E-state index is 12.0. The first-order chi connectivity index (χ1) is 9.61. The van der Waals surface area contributed by atoms with Crippen molar-refractivity contribution in [1.29, 1.82) is 0 Å². The van der Waals surface area contributed by atoms with E-state index in [1.807, 2.05) is 0 Å². The molecule has 5 nitrogen and oxygen atoms in total. The number of fused-ring (bicyclic) bond motifs is 1. The molecule has 0 saturated heterocycles. The molecule has 1 heterocycles. The quantitative estimate of drug-likeness (QED) is 0.757. The van der Waals surface area contributed by atoms with Crippen molar-refractivity contribution in [1.82, 2.24) is 4.98 Å². The Morgan fingerprint density at radius 3 is 2.65 bits per heavy atom. The molecular formula is C14H9BrN2O3. The summed E-state index contributed by atoms with van der Waals surface area (Å²) in [5, 5.41) is 2.76. The summed E-state index contributed by atoms with van der Waals surface area (Å²) < 4.78 is 5.81. The zero-order chi connectivity index (χ0) is 14.1. The summed E-state index contributed by atoms with van der Waals surface area (Å²) in [6, 6.07) is 12.0. The van der Waals surface area contributed by atoms with Crippen LogP contribution in [0.15, 0.2) is 56.1 Å². The lowest BCUT2D eigenvalue weighted by molar-refractivity contribution is 0.102. The van der Waals surface area contributed by atoms with Crippen LogP contribution in [-0.2, 0) is 0 Å². The topological polar surface area (TPSA) is 75.1 Å². The van der Waals surface area contributed by atoms with E-state index in [1.165, 1.54) is 0 Å². The zero-order valence-corrected chi connectivity index (χ0v) is 11.7. The predicted octanol–water partition coefficient (Wildman–Crippen LogP) is 3.14. The number of oxazole rings is 1. The SMILES string of the molecule is O=C(Nc1ccc2oc(=O)[nH]c2c1)c1ccc(Br)cc1. The number of benzene rings is 2. The van der Waals surface area contributed by atoms with E-state index in [1.54, 1.807) is 42.5 Å². The summed E-state index contributed by atoms with van der Waals surface area (Å²) in [4.78, 5) is 25.6. The number of carbonyl (C=O) groups excluding carboxylic acids is 1. The summed E-state index contributed by atoms with van der Waals surface area (Å²) in [5.74, 6) is -0.737. The molecule has 0 unspecified atom stereocenters. The van der Waals surface area contributed by atoms with Crippen molar-refractivity contribution in [3.05, 3.63) is 63.1 Å². The lowest BCUT2D eigenvalue weighted by atomic mass is 10.2. The molecule has 2 N–H and O–H groups in total. The summed E-state index contributed by atoms with van der Waals surface area (Å²) >= 11 is 3.32. The molecule has 1 aromatic heterocycles. The monoisotopic (exact) mass is 332 g/mol. The molecule has 0 bridgehead atoms. The van der Waals surface area contributed by atoms with Crippen LogP contribution in [0.1, 0.15) is 10.4 Å². The number of hydrogen-bond acceptors (Lipinski definition) is 3. The summed E-state index contributed by atoms with van der Waals surface area (Å²) in [6.45, 7) is 0. The van der Waals surface area contributed by atoms with Gasteiger partial charge in [0.2, 0.25) is 0 Å². The highest BCUT2D eigenvalue weighted by Gasteiger charge is 2.07. The second-order valence-corrected chi connectivity index (χ2v) is 5.10. The third-order valence-electron chi connectivity index (χ3n) is 2.78. The van der Waals surface area contributed by atoms with Crippen molar-refractivity contribution in [2.45, 2.75) is 0 Å². The maximum Gasteiger partial charge on any atom is 0.417 e. The molecule has 3 rings (SSSR count). The van der Waals surface area contributed by atoms with Gasteiger partial charge in [0.15, 0.2) is 5.58 Å². The number of anilines is 1. The third-order valence-corrected chi connectivity index (χ3v) is 3.31. The van der Waals surface area contributed by atoms with Crippen LogP contribution in [0.3, 0.4) is 0 Å². The molecule has 100 valence electrons. The standard InChI is InChI=1S/C14H9BrN2O3/c15-9-3-1-8(2-4-9)13(18)16-10-5-6-12-11(7-10)17-14(19)20-12/h1-7H,(H,16,18)(H,17,19). The molecule has 3 aromatic rings. The minimum atomic E-state index is -0.517. The third kappa shape index (κ3) is 2.50. The Hall–Kier alpha value is -2.34. The van der Waals surface area contributed by atoms with E-state index in [0.717, 1.165) is 4.47 Å². The van der Waals surface area contributed by atoms with Gasteiger partial charge in [-0.1, -0.05) is 15.9 Å². The van der Waals surface area contributed by atoms with E-state index in [2.05, 4.69) is 26.2 Å². The van der Waals surface area contributed by atoms with E-state index in [0.29, 0.717) is 22.4 Å². The molecule has 0 spiro atoms. The Morgan fingerprint density at radius 1 is 1.15 bits per heavy atom. The molecule has 1 amide bonds. The maximum absolute atomic E-state index is 12.0. The van der Waals surface area contributed by atoms with E-state index < -0.39 is 5.76 Å². The number of aromatic nitrogens is 1. The van der Waals surface area contributed by atoms with Gasteiger partial charge in [-0.15, -0.1) is 0 Å². The number of halogens is 1. The minimum absolute atomic E-state index is 0.220. The summed E-state index contributed by atoms with van der Waals surface area (Å²) in [7, 11) is 0. The highest BCUT2D eigenvalue weighted by molar-refractivity contribution is 9.10. The van der Waals surface area contributed by atoms with Gasteiger partial charge in [0.25, 0.3) is 5.91 Å². The lowest BCUT2D eigenvalue weighted by Gasteiger charge is -2.05. The summed E-state index contributed by atoms with van der Waals surface area (Å²) in [5.41, 5.74) is 2.14. The molecule has 0 aliphatic carbocycles. The van der Waals surface area contributed by atoms with Crippen LogP contribution in [0, 0.1) is 0 Å². The van der Waals surface area contributed by atoms with Crippen LogP contribution < -0.4 is 11.1 Å². The number of aromatic amines is 1. The van der Waals surface area contributed by atoms with Gasteiger partial charge in [0.05, 0.1) is 5.52 Å². The largest absolute Gasteiger partial charge is 0.417 e. The predicted molar refractivity (Wildman–Crippen MR) is 78.9 cm³/mol. The number of carbonyl (C=O) groups is 1. The Balaban J connectivity index is 1.86. The van der Waals surface area contributed by atoms with Crippen molar-refractivity contribution in [2.24, 2.45) is 0 Å². The van der Waals surface area contributed by atoms with E-state index in [4.69, 9.17) is 4.42 Å². The molecular weight excluding hydrogens is 324 g/mol. The summed E-state index contributed by atoms with van der Waals surface area (Å²) in [6.07, 6.45) is 0. The van der Waals surface area contributed by atoms with Crippen molar-refractivity contribution >= 4 is 38.6 Å². The average molecular weight is 333 g/mol. The van der Waals surface area contributed by atoms with Crippen LogP contribution >= 0.6 is 15.9 Å². The van der Waals surface area contributed by atoms with Gasteiger partial charge in [-0.3, -0.25) is 9.78 Å². The van der Waals surface area contributed by atoms with Gasteiger partial charge in [-0.05, 0) is 42.5 Å². The Labute approximate surface area is 121 Å². The van der Waals surface area contributed by atoms with Gasteiger partial charge in [-0.25, -0.2) is 4.79 Å². The first-order valence-corrected chi connectivity index (χ1v) is 6.61. The fraction of sp³-hybridized carbons (Fsp3) is 0. The number of rotatable bonds is 2. The second kappa shape index (κ2) is 4.97. The fourth-order valence-electron chi connectivity index (χ4n) is 1.83. The Morgan fingerprint density at radius 2 is 1.90 bits per heavy atom. The number of nitrogens with one attached hydrogen (secondary N) is 2. The Bertz CT molecular complexity index is 833. The Kier molecular flexibility index (Phi) is 3.15. The molecule has 0 saturated carbocycles. The molecule has 6 heteroatoms. The number of amides is 1. The lowest BCUT2D eigenvalue weighted by Crippen LogP contribution is -2.11. The molecule has 0 atom stereocenters. The number of hydrogen-bond donors (Lipinski definition) is 2. The first-order valence-electron chi connectivity index (χ1n) is 5.81. The van der Waals surface area contributed by atoms with Gasteiger partial charge in [0, 0.05) is 15.7 Å². The van der Waals surface area contributed by atoms with Crippen LogP contribution in [0.4, 0.5) is 5.69 Å². The van der Waals surface area contributed by atoms with E-state index in [-0.39, 0.29) is 5.91 Å². The number of H-pyrrole nitrogens is 1. The molecule has 0 aliphatic rings. The van der Waals surface area contributed by atoms with Gasteiger partial charge in [0.1, 0.15) is 0 Å². The van der Waals surface area contributed by atoms with Gasteiger partial charge < -0.3 is 9.73 Å². The molecule has 20 heavy (non-hydrogen) atoms. The van der Waals surface area contributed by atoms with Gasteiger partial charge in [-0.2, -0.15) is 0 Å². The van der Waals surface area contributed by atoms with Crippen LogP contribution in [0.2, 0.25) is 0 Å². The minimum Gasteiger partial charge on any atom is -0.408 e. The molecule has 0 fully saturated rings. The molecule has 2 aromatic carbocycles. The van der Waals surface area contributed by atoms with Crippen molar-refractivity contribution in [2.75, 3.05) is 5.32 Å².